The third-order valence-corrected chi connectivity index (χ3v) is 9.30. The standard InChI is InChI=1S/C39H44ClN5O2/c1-3-20-41-24-28-8-14-32(15-9-28)37-38(40)43-36(39(46)45(37)27-29-11-16-35(47-2)17-12-29)25-42-34-18-21-44(22-19-34)26-30-10-13-31-6-4-5-7-33(31)23-30/h4-17,23,34,41-42H,3,18-22,24-27H2,1-2H3. The monoisotopic (exact) mass is 649 g/mol. The molecule has 2 N–H and O–H groups in total. The zero-order valence-electron chi connectivity index (χ0n) is 27.3. The molecule has 0 unspecified atom stereocenters. The van der Waals surface area contributed by atoms with Crippen molar-refractivity contribution in [1.29, 1.82) is 0 Å². The van der Waals surface area contributed by atoms with Gasteiger partial charge in [0.05, 0.1) is 19.3 Å². The minimum absolute atomic E-state index is 0.129. The molecule has 0 radical (unpaired) electrons. The van der Waals surface area contributed by atoms with Gasteiger partial charge in [-0.3, -0.25) is 14.3 Å². The molecule has 0 aliphatic carbocycles. The van der Waals surface area contributed by atoms with E-state index in [4.69, 9.17) is 16.3 Å². The van der Waals surface area contributed by atoms with Gasteiger partial charge in [0, 0.05) is 31.2 Å². The van der Waals surface area contributed by atoms with Crippen LogP contribution in [0.2, 0.25) is 5.15 Å². The second kappa shape index (κ2) is 15.7. The molecule has 0 saturated carbocycles. The number of rotatable bonds is 13. The third-order valence-electron chi connectivity index (χ3n) is 9.04. The molecule has 2 heterocycles. The van der Waals surface area contributed by atoms with Gasteiger partial charge in [0.25, 0.3) is 5.56 Å². The lowest BCUT2D eigenvalue weighted by Gasteiger charge is -2.32. The van der Waals surface area contributed by atoms with E-state index >= 15 is 0 Å². The lowest BCUT2D eigenvalue weighted by atomic mass is 10.0. The molecule has 0 spiro atoms. The Morgan fingerprint density at radius 1 is 0.851 bits per heavy atom. The Morgan fingerprint density at radius 2 is 1.55 bits per heavy atom. The van der Waals surface area contributed by atoms with Gasteiger partial charge in [0.2, 0.25) is 0 Å². The van der Waals surface area contributed by atoms with Crippen LogP contribution in [0.25, 0.3) is 22.0 Å². The van der Waals surface area contributed by atoms with Gasteiger partial charge in [-0.2, -0.15) is 0 Å². The van der Waals surface area contributed by atoms with Crippen molar-refractivity contribution in [3.8, 4) is 17.0 Å². The molecule has 4 aromatic carbocycles. The summed E-state index contributed by atoms with van der Waals surface area (Å²) in [6.45, 7) is 7.63. The van der Waals surface area contributed by atoms with Crippen LogP contribution >= 0.6 is 11.6 Å². The molecule has 0 atom stereocenters. The Kier molecular flexibility index (Phi) is 11.0. The number of benzene rings is 4. The maximum Gasteiger partial charge on any atom is 0.274 e. The molecule has 5 aromatic rings. The van der Waals surface area contributed by atoms with Gasteiger partial charge in [0.15, 0.2) is 5.15 Å². The largest absolute Gasteiger partial charge is 0.497 e. The van der Waals surface area contributed by atoms with E-state index < -0.39 is 0 Å². The molecular weight excluding hydrogens is 606 g/mol. The lowest BCUT2D eigenvalue weighted by molar-refractivity contribution is 0.190. The average Bonchev–Trinajstić information content (AvgIpc) is 3.10. The predicted octanol–water partition coefficient (Wildman–Crippen LogP) is 7.03. The molecule has 7 nitrogen and oxygen atoms in total. The molecule has 244 valence electrons. The summed E-state index contributed by atoms with van der Waals surface area (Å²) < 4.78 is 7.11. The van der Waals surface area contributed by atoms with Gasteiger partial charge in [-0.1, -0.05) is 91.3 Å². The van der Waals surface area contributed by atoms with Gasteiger partial charge in [0.1, 0.15) is 11.4 Å². The lowest BCUT2D eigenvalue weighted by Crippen LogP contribution is -2.43. The van der Waals surface area contributed by atoms with E-state index in [1.165, 1.54) is 21.9 Å². The predicted molar refractivity (Wildman–Crippen MR) is 192 cm³/mol. The molecule has 1 aliphatic heterocycles. The number of hydrogen-bond acceptors (Lipinski definition) is 6. The molecule has 1 aromatic heterocycles. The van der Waals surface area contributed by atoms with Crippen molar-refractivity contribution >= 4 is 22.4 Å². The van der Waals surface area contributed by atoms with Crippen LogP contribution in [0.15, 0.2) is 95.8 Å². The Labute approximate surface area is 282 Å². The highest BCUT2D eigenvalue weighted by molar-refractivity contribution is 6.31. The molecule has 0 bridgehead atoms. The Balaban J connectivity index is 1.16. The smallest absolute Gasteiger partial charge is 0.274 e. The maximum absolute atomic E-state index is 14.1. The fraction of sp³-hybridized carbons (Fsp3) is 0.333. The molecular formula is C39H44ClN5O2. The highest BCUT2D eigenvalue weighted by Gasteiger charge is 2.22. The van der Waals surface area contributed by atoms with E-state index in [-0.39, 0.29) is 5.56 Å². The van der Waals surface area contributed by atoms with Crippen LogP contribution in [0.3, 0.4) is 0 Å². The van der Waals surface area contributed by atoms with Crippen LogP contribution < -0.4 is 20.9 Å². The number of piperidine rings is 1. The van der Waals surface area contributed by atoms with Gasteiger partial charge < -0.3 is 15.4 Å². The topological polar surface area (TPSA) is 71.4 Å². The van der Waals surface area contributed by atoms with E-state index in [0.717, 1.165) is 68.9 Å². The van der Waals surface area contributed by atoms with E-state index in [9.17, 15) is 4.79 Å². The Hall–Kier alpha value is -4.01. The fourth-order valence-electron chi connectivity index (χ4n) is 6.36. The van der Waals surface area contributed by atoms with E-state index in [0.29, 0.717) is 35.7 Å². The molecule has 0 amide bonds. The summed E-state index contributed by atoms with van der Waals surface area (Å²) in [5.74, 6) is 0.773. The highest BCUT2D eigenvalue weighted by atomic mass is 35.5. The fourth-order valence-corrected chi connectivity index (χ4v) is 6.68. The SMILES string of the molecule is CCCNCc1ccc(-c2c(Cl)nc(CNC3CCN(Cc4ccc5ccccc5c4)CC3)c(=O)n2Cc2ccc(OC)cc2)cc1. The van der Waals surface area contributed by atoms with Crippen molar-refractivity contribution in [2.45, 2.75) is 58.4 Å². The summed E-state index contributed by atoms with van der Waals surface area (Å²) in [4.78, 5) is 21.2. The van der Waals surface area contributed by atoms with Crippen molar-refractivity contribution in [3.63, 3.8) is 0 Å². The number of aromatic nitrogens is 2. The second-order valence-electron chi connectivity index (χ2n) is 12.4. The van der Waals surface area contributed by atoms with Crippen LogP contribution in [0.4, 0.5) is 0 Å². The van der Waals surface area contributed by atoms with Gasteiger partial charge in [-0.25, -0.2) is 4.98 Å². The van der Waals surface area contributed by atoms with E-state index in [1.54, 1.807) is 11.7 Å². The number of likely N-dealkylation sites (tertiary alicyclic amines) is 1. The molecule has 6 rings (SSSR count). The summed E-state index contributed by atoms with van der Waals surface area (Å²) in [6, 6.07) is 31.6. The normalized spacial score (nSPS) is 14.1. The minimum atomic E-state index is -0.129. The molecule has 1 saturated heterocycles. The third kappa shape index (κ3) is 8.29. The number of nitrogens with one attached hydrogen (secondary N) is 2. The van der Waals surface area contributed by atoms with Crippen molar-refractivity contribution in [2.75, 3.05) is 26.7 Å². The van der Waals surface area contributed by atoms with E-state index in [1.807, 2.05) is 36.4 Å². The molecule has 1 aliphatic rings. The van der Waals surface area contributed by atoms with Crippen LogP contribution in [0, 0.1) is 0 Å². The zero-order valence-corrected chi connectivity index (χ0v) is 28.1. The number of nitrogens with zero attached hydrogens (tertiary/aromatic N) is 3. The molecule has 8 heteroatoms. The summed E-state index contributed by atoms with van der Waals surface area (Å²) in [7, 11) is 1.65. The minimum Gasteiger partial charge on any atom is -0.497 e. The first-order valence-electron chi connectivity index (χ1n) is 16.7. The number of hydrogen-bond donors (Lipinski definition) is 2. The van der Waals surface area contributed by atoms with Crippen molar-refractivity contribution in [1.82, 2.24) is 25.1 Å². The first kappa shape index (κ1) is 32.9. The first-order valence-corrected chi connectivity index (χ1v) is 17.0. The Bertz CT molecular complexity index is 1830. The number of methoxy groups -OCH3 is 1. The molecule has 47 heavy (non-hydrogen) atoms. The number of fused-ring (bicyclic) bond motifs is 1. The second-order valence-corrected chi connectivity index (χ2v) is 12.8. The summed E-state index contributed by atoms with van der Waals surface area (Å²) >= 11 is 6.91. The Morgan fingerprint density at radius 3 is 2.28 bits per heavy atom. The van der Waals surface area contributed by atoms with Gasteiger partial charge in [-0.15, -0.1) is 0 Å². The van der Waals surface area contributed by atoms with Gasteiger partial charge >= 0.3 is 0 Å². The number of halogens is 1. The quantitative estimate of drug-likeness (QED) is 0.134. The average molecular weight is 650 g/mol. The van der Waals surface area contributed by atoms with Crippen LogP contribution in [0.5, 0.6) is 5.75 Å². The van der Waals surface area contributed by atoms with Crippen LogP contribution in [-0.4, -0.2) is 47.2 Å². The summed E-state index contributed by atoms with van der Waals surface area (Å²) in [5.41, 5.74) is 5.31. The van der Waals surface area contributed by atoms with E-state index in [2.05, 4.69) is 82.0 Å². The summed E-state index contributed by atoms with van der Waals surface area (Å²) in [6.07, 6.45) is 3.11. The van der Waals surface area contributed by atoms with Crippen molar-refractivity contribution in [3.05, 3.63) is 129 Å². The first-order chi connectivity index (χ1) is 23.0. The van der Waals surface area contributed by atoms with Crippen LogP contribution in [0.1, 0.15) is 48.6 Å². The highest BCUT2D eigenvalue weighted by Crippen LogP contribution is 2.27. The molecule has 1 fully saturated rings. The van der Waals surface area contributed by atoms with Crippen molar-refractivity contribution in [2.24, 2.45) is 0 Å². The maximum atomic E-state index is 14.1. The van der Waals surface area contributed by atoms with Crippen LogP contribution in [-0.2, 0) is 26.2 Å². The number of ether oxygens (including phenoxy) is 1. The summed E-state index contributed by atoms with van der Waals surface area (Å²) in [5, 5.41) is 9.96. The zero-order chi connectivity index (χ0) is 32.6. The van der Waals surface area contributed by atoms with Gasteiger partial charge in [-0.05, 0) is 84.6 Å². The van der Waals surface area contributed by atoms with Crippen molar-refractivity contribution < 1.29 is 4.74 Å².